The van der Waals surface area contributed by atoms with E-state index in [9.17, 15) is 19.7 Å². The third-order valence-electron chi connectivity index (χ3n) is 5.36. The third-order valence-corrected chi connectivity index (χ3v) is 5.36. The summed E-state index contributed by atoms with van der Waals surface area (Å²) >= 11 is 0. The van der Waals surface area contributed by atoms with Crippen molar-refractivity contribution in [1.29, 1.82) is 0 Å². The Morgan fingerprint density at radius 3 is 2.87 bits per heavy atom. The van der Waals surface area contributed by atoms with Crippen LogP contribution in [0.3, 0.4) is 0 Å². The Morgan fingerprint density at radius 1 is 1.42 bits per heavy atom. The summed E-state index contributed by atoms with van der Waals surface area (Å²) in [6.45, 7) is 2.34. The predicted octanol–water partition coefficient (Wildman–Crippen LogP) is 1.90. The number of hydrogen-bond donors (Lipinski definition) is 2. The zero-order valence-electron chi connectivity index (χ0n) is 16.7. The Kier molecular flexibility index (Phi) is 5.42. The van der Waals surface area contributed by atoms with Crippen LogP contribution in [0.15, 0.2) is 41.9 Å². The number of rotatable bonds is 6. The molecule has 1 saturated heterocycles. The molecule has 0 bridgehead atoms. The van der Waals surface area contributed by atoms with Crippen LogP contribution in [-0.4, -0.2) is 45.7 Å². The molecule has 1 amide bonds. The van der Waals surface area contributed by atoms with Gasteiger partial charge in [0, 0.05) is 18.4 Å². The average molecular weight is 427 g/mol. The summed E-state index contributed by atoms with van der Waals surface area (Å²) in [5.74, 6) is -1.15. The lowest BCUT2D eigenvalue weighted by atomic mass is 9.93. The number of amides is 1. The first-order valence-electron chi connectivity index (χ1n) is 9.75. The number of nitrogens with two attached hydrogens (primary N) is 1. The highest BCUT2D eigenvalue weighted by Crippen LogP contribution is 2.41. The van der Waals surface area contributed by atoms with Gasteiger partial charge in [0.05, 0.1) is 28.5 Å². The molecule has 0 spiro atoms. The first-order valence-corrected chi connectivity index (χ1v) is 9.75. The summed E-state index contributed by atoms with van der Waals surface area (Å²) in [6, 6.07) is 5.16. The maximum atomic E-state index is 13.1. The monoisotopic (exact) mass is 427 g/mol. The number of hydrogen-bond acceptors (Lipinski definition) is 8. The van der Waals surface area contributed by atoms with Crippen LogP contribution < -0.4 is 11.1 Å². The molecule has 1 fully saturated rings. The van der Waals surface area contributed by atoms with E-state index < -0.39 is 22.8 Å². The van der Waals surface area contributed by atoms with Gasteiger partial charge in [0.2, 0.25) is 0 Å². The van der Waals surface area contributed by atoms with Crippen LogP contribution in [0, 0.1) is 10.1 Å². The minimum absolute atomic E-state index is 0.0327. The SMILES string of the molecule is CC1=C(C(=O)OC[C@@H]2CCCO2)[C@@H](c2ccccc2[N+](=O)[O-])n2cnc(C(N)=O)c2N1. The molecule has 1 aromatic heterocycles. The number of primary amides is 1. The van der Waals surface area contributed by atoms with Crippen molar-refractivity contribution in [2.75, 3.05) is 18.5 Å². The molecular weight excluding hydrogens is 406 g/mol. The van der Waals surface area contributed by atoms with Gasteiger partial charge in [-0.1, -0.05) is 12.1 Å². The van der Waals surface area contributed by atoms with Gasteiger partial charge in [0.25, 0.3) is 11.6 Å². The number of ether oxygens (including phenoxy) is 2. The molecule has 31 heavy (non-hydrogen) atoms. The maximum absolute atomic E-state index is 13.1. The lowest BCUT2D eigenvalue weighted by Crippen LogP contribution is -2.31. The normalized spacial score (nSPS) is 20.2. The number of nitro groups is 1. The van der Waals surface area contributed by atoms with Crippen LogP contribution >= 0.6 is 0 Å². The Balaban J connectivity index is 1.79. The summed E-state index contributed by atoms with van der Waals surface area (Å²) in [4.78, 5) is 40.1. The Bertz CT molecular complexity index is 1090. The van der Waals surface area contributed by atoms with Gasteiger partial charge in [-0.15, -0.1) is 0 Å². The van der Waals surface area contributed by atoms with Crippen molar-refractivity contribution < 1.29 is 24.0 Å². The molecule has 0 aliphatic carbocycles. The Labute approximate surface area is 177 Å². The van der Waals surface area contributed by atoms with Crippen molar-refractivity contribution in [2.45, 2.75) is 31.9 Å². The van der Waals surface area contributed by atoms with Gasteiger partial charge in [-0.05, 0) is 25.8 Å². The van der Waals surface area contributed by atoms with Crippen molar-refractivity contribution in [3.8, 4) is 0 Å². The van der Waals surface area contributed by atoms with E-state index in [1.165, 1.54) is 17.0 Å². The number of aromatic nitrogens is 2. The molecule has 2 aliphatic heterocycles. The molecule has 2 atom stereocenters. The van der Waals surface area contributed by atoms with Crippen LogP contribution in [0.25, 0.3) is 0 Å². The Hall–Kier alpha value is -3.73. The number of imidazole rings is 1. The van der Waals surface area contributed by atoms with Crippen LogP contribution in [0.2, 0.25) is 0 Å². The zero-order valence-corrected chi connectivity index (χ0v) is 16.7. The lowest BCUT2D eigenvalue weighted by Gasteiger charge is -2.30. The van der Waals surface area contributed by atoms with Crippen LogP contribution in [0.4, 0.5) is 11.5 Å². The number of fused-ring (bicyclic) bond motifs is 1. The quantitative estimate of drug-likeness (QED) is 0.403. The maximum Gasteiger partial charge on any atom is 0.338 e. The topological polar surface area (TPSA) is 152 Å². The molecule has 1 aromatic carbocycles. The highest BCUT2D eigenvalue weighted by molar-refractivity contribution is 5.98. The van der Waals surface area contributed by atoms with Gasteiger partial charge in [0.1, 0.15) is 18.5 Å². The minimum atomic E-state index is -0.935. The highest BCUT2D eigenvalue weighted by Gasteiger charge is 2.38. The van der Waals surface area contributed by atoms with E-state index in [4.69, 9.17) is 15.2 Å². The zero-order chi connectivity index (χ0) is 22.1. The average Bonchev–Trinajstić information content (AvgIpc) is 3.40. The molecule has 11 nitrogen and oxygen atoms in total. The van der Waals surface area contributed by atoms with Gasteiger partial charge in [0.15, 0.2) is 5.69 Å². The van der Waals surface area contributed by atoms with Gasteiger partial charge in [-0.2, -0.15) is 0 Å². The standard InChI is InChI=1S/C20H21N5O6/c1-11-15(20(27)31-9-12-5-4-8-30-12)17(13-6-2-3-7-14(13)25(28)29)24-10-22-16(18(21)26)19(24)23-11/h2-3,6-7,10,12,17,23H,4-5,8-9H2,1H3,(H2,21,26)/t12-,17+/m0/s1. The van der Waals surface area contributed by atoms with E-state index in [2.05, 4.69) is 10.3 Å². The number of nitro benzene ring substituents is 1. The number of nitrogens with one attached hydrogen (secondary N) is 1. The predicted molar refractivity (Wildman–Crippen MR) is 108 cm³/mol. The number of esters is 1. The largest absolute Gasteiger partial charge is 0.459 e. The molecule has 11 heteroatoms. The first-order chi connectivity index (χ1) is 14.9. The molecule has 4 rings (SSSR count). The smallest absolute Gasteiger partial charge is 0.338 e. The Morgan fingerprint density at radius 2 is 2.19 bits per heavy atom. The van der Waals surface area contributed by atoms with Crippen molar-refractivity contribution in [3.63, 3.8) is 0 Å². The number of carbonyl (C=O) groups is 2. The first kappa shape index (κ1) is 20.5. The van der Waals surface area contributed by atoms with E-state index in [1.54, 1.807) is 25.1 Å². The highest BCUT2D eigenvalue weighted by atomic mass is 16.6. The van der Waals surface area contributed by atoms with E-state index in [1.807, 2.05) is 0 Å². The number of anilines is 1. The summed E-state index contributed by atoms with van der Waals surface area (Å²) in [5.41, 5.74) is 6.03. The molecule has 0 unspecified atom stereocenters. The van der Waals surface area contributed by atoms with E-state index >= 15 is 0 Å². The van der Waals surface area contributed by atoms with Gasteiger partial charge < -0.3 is 25.1 Å². The second-order valence-corrected chi connectivity index (χ2v) is 7.33. The molecule has 2 aromatic rings. The fourth-order valence-electron chi connectivity index (χ4n) is 3.93. The second kappa shape index (κ2) is 8.19. The van der Waals surface area contributed by atoms with E-state index in [-0.39, 0.29) is 41.0 Å². The fraction of sp³-hybridized carbons (Fsp3) is 0.350. The van der Waals surface area contributed by atoms with Crippen molar-refractivity contribution >= 4 is 23.4 Å². The van der Waals surface area contributed by atoms with Crippen LogP contribution in [0.5, 0.6) is 0 Å². The third kappa shape index (κ3) is 3.75. The fourth-order valence-corrected chi connectivity index (χ4v) is 3.93. The number of carbonyl (C=O) groups excluding carboxylic acids is 2. The summed E-state index contributed by atoms with van der Waals surface area (Å²) in [5, 5.41) is 14.7. The van der Waals surface area contributed by atoms with Gasteiger partial charge in [-0.3, -0.25) is 14.9 Å². The van der Waals surface area contributed by atoms with Gasteiger partial charge >= 0.3 is 5.97 Å². The summed E-state index contributed by atoms with van der Waals surface area (Å²) in [7, 11) is 0. The molecule has 3 N–H and O–H groups in total. The molecule has 0 saturated carbocycles. The van der Waals surface area contributed by atoms with Crippen molar-refractivity contribution in [1.82, 2.24) is 9.55 Å². The number of para-hydroxylation sites is 1. The minimum Gasteiger partial charge on any atom is -0.459 e. The molecular formula is C20H21N5O6. The van der Waals surface area contributed by atoms with E-state index in [0.29, 0.717) is 12.3 Å². The van der Waals surface area contributed by atoms with Crippen molar-refractivity contribution in [3.05, 3.63) is 63.2 Å². The van der Waals surface area contributed by atoms with Crippen LogP contribution in [0.1, 0.15) is 41.9 Å². The molecule has 3 heterocycles. The van der Waals surface area contributed by atoms with Gasteiger partial charge in [-0.25, -0.2) is 9.78 Å². The molecule has 162 valence electrons. The summed E-state index contributed by atoms with van der Waals surface area (Å²) < 4.78 is 12.5. The van der Waals surface area contributed by atoms with E-state index in [0.717, 1.165) is 12.8 Å². The van der Waals surface area contributed by atoms with Crippen LogP contribution in [-0.2, 0) is 14.3 Å². The lowest BCUT2D eigenvalue weighted by molar-refractivity contribution is -0.385. The molecule has 2 aliphatic rings. The van der Waals surface area contributed by atoms with Crippen molar-refractivity contribution in [2.24, 2.45) is 5.73 Å². The second-order valence-electron chi connectivity index (χ2n) is 7.33. The summed E-state index contributed by atoms with van der Waals surface area (Å²) in [6.07, 6.45) is 2.85. The number of benzene rings is 1. The number of allylic oxidation sites excluding steroid dienone is 1. The number of nitrogens with zero attached hydrogens (tertiary/aromatic N) is 3. The molecule has 0 radical (unpaired) electrons.